The molecule has 26 heavy (non-hydrogen) atoms. The monoisotopic (exact) mass is 387 g/mol. The van der Waals surface area contributed by atoms with Crippen LogP contribution in [-0.4, -0.2) is 29.1 Å². The molecule has 5 nitrogen and oxygen atoms in total. The number of nitrogens with one attached hydrogen (secondary N) is 1. The summed E-state index contributed by atoms with van der Waals surface area (Å²) >= 11 is 3.14. The fourth-order valence-electron chi connectivity index (χ4n) is 3.39. The second kappa shape index (κ2) is 7.40. The van der Waals surface area contributed by atoms with Crippen LogP contribution in [-0.2, 0) is 22.4 Å². The van der Waals surface area contributed by atoms with Crippen LogP contribution in [0.25, 0.3) is 0 Å². The van der Waals surface area contributed by atoms with E-state index in [0.717, 1.165) is 29.1 Å². The van der Waals surface area contributed by atoms with Crippen LogP contribution in [0.5, 0.6) is 0 Å². The molecule has 4 rings (SSSR count). The van der Waals surface area contributed by atoms with E-state index in [-0.39, 0.29) is 18.2 Å². The van der Waals surface area contributed by atoms with Crippen molar-refractivity contribution in [1.82, 2.24) is 4.98 Å². The largest absolute Gasteiger partial charge is 0.310 e. The minimum atomic E-state index is -0.0901. The predicted molar refractivity (Wildman–Crippen MR) is 106 cm³/mol. The molecule has 2 aliphatic rings. The van der Waals surface area contributed by atoms with E-state index >= 15 is 0 Å². The summed E-state index contributed by atoms with van der Waals surface area (Å²) in [5, 5.41) is 3.61. The molecule has 2 aromatic rings. The number of rotatable bonds is 4. The molecule has 1 aliphatic carbocycles. The maximum absolute atomic E-state index is 12.4. The summed E-state index contributed by atoms with van der Waals surface area (Å²) in [5.41, 5.74) is 2.04. The molecule has 0 saturated carbocycles. The molecule has 0 spiro atoms. The van der Waals surface area contributed by atoms with Crippen LogP contribution >= 0.6 is 23.1 Å². The zero-order valence-electron chi connectivity index (χ0n) is 14.7. The van der Waals surface area contributed by atoms with Crippen molar-refractivity contribution in [2.24, 2.45) is 5.92 Å². The van der Waals surface area contributed by atoms with E-state index in [1.165, 1.54) is 11.3 Å². The van der Waals surface area contributed by atoms with Gasteiger partial charge in [0.15, 0.2) is 5.13 Å². The van der Waals surface area contributed by atoms with Crippen molar-refractivity contribution in [2.75, 3.05) is 22.5 Å². The minimum Gasteiger partial charge on any atom is -0.310 e. The fourth-order valence-corrected chi connectivity index (χ4v) is 5.51. The highest BCUT2D eigenvalue weighted by molar-refractivity contribution is 8.00. The average Bonchev–Trinajstić information content (AvgIpc) is 3.02. The minimum absolute atomic E-state index is 0.0557. The highest BCUT2D eigenvalue weighted by Gasteiger charge is 2.25. The summed E-state index contributed by atoms with van der Waals surface area (Å²) in [6, 6.07) is 7.84. The van der Waals surface area contributed by atoms with Crippen molar-refractivity contribution in [2.45, 2.75) is 37.5 Å². The molecule has 7 heteroatoms. The van der Waals surface area contributed by atoms with Crippen molar-refractivity contribution in [3.8, 4) is 0 Å². The molecule has 136 valence electrons. The van der Waals surface area contributed by atoms with Gasteiger partial charge in [0.05, 0.1) is 17.1 Å². The van der Waals surface area contributed by atoms with E-state index in [1.807, 2.05) is 24.3 Å². The Morgan fingerprint density at radius 1 is 1.38 bits per heavy atom. The van der Waals surface area contributed by atoms with E-state index < -0.39 is 0 Å². The van der Waals surface area contributed by atoms with E-state index in [1.54, 1.807) is 28.0 Å². The third-order valence-electron chi connectivity index (χ3n) is 4.80. The van der Waals surface area contributed by atoms with Gasteiger partial charge in [0.1, 0.15) is 0 Å². The molecule has 1 aromatic heterocycles. The van der Waals surface area contributed by atoms with Crippen molar-refractivity contribution in [3.05, 3.63) is 34.8 Å². The Labute approximate surface area is 161 Å². The Bertz CT molecular complexity index is 849. The number of thioether (sulfide) groups is 1. The van der Waals surface area contributed by atoms with Crippen molar-refractivity contribution < 1.29 is 9.59 Å². The third-order valence-corrected chi connectivity index (χ3v) is 6.89. The van der Waals surface area contributed by atoms with Crippen LogP contribution in [0.15, 0.2) is 29.2 Å². The number of carbonyl (C=O) groups is 2. The first-order valence-electron chi connectivity index (χ1n) is 8.91. The molecule has 0 fully saturated rings. The molecule has 0 saturated heterocycles. The second-order valence-corrected chi connectivity index (χ2v) is 8.94. The van der Waals surface area contributed by atoms with Crippen molar-refractivity contribution in [3.63, 3.8) is 0 Å². The molecule has 1 atom stereocenters. The highest BCUT2D eigenvalue weighted by Crippen LogP contribution is 2.35. The third kappa shape index (κ3) is 3.64. The number of anilines is 2. The molecule has 0 radical (unpaired) electrons. The van der Waals surface area contributed by atoms with Gasteiger partial charge in [-0.15, -0.1) is 23.1 Å². The molecular weight excluding hydrogens is 366 g/mol. The van der Waals surface area contributed by atoms with Gasteiger partial charge in [0.2, 0.25) is 11.8 Å². The molecule has 1 N–H and O–H groups in total. The number of hydrogen-bond donors (Lipinski definition) is 1. The predicted octanol–water partition coefficient (Wildman–Crippen LogP) is 3.74. The molecule has 1 aromatic carbocycles. The maximum atomic E-state index is 12.4. The first-order chi connectivity index (χ1) is 12.6. The van der Waals surface area contributed by atoms with E-state index in [2.05, 4.69) is 17.2 Å². The molecule has 0 bridgehead atoms. The summed E-state index contributed by atoms with van der Waals surface area (Å²) in [6.45, 7) is 2.65. The normalized spacial score (nSPS) is 19.0. The number of amides is 2. The topological polar surface area (TPSA) is 62.3 Å². The summed E-state index contributed by atoms with van der Waals surface area (Å²) in [4.78, 5) is 33.3. The molecule has 2 amide bonds. The molecular formula is C19H21N3O2S2. The van der Waals surface area contributed by atoms with E-state index in [4.69, 9.17) is 0 Å². The summed E-state index contributed by atoms with van der Waals surface area (Å²) < 4.78 is 0. The summed E-state index contributed by atoms with van der Waals surface area (Å²) in [7, 11) is 0. The van der Waals surface area contributed by atoms with E-state index in [0.29, 0.717) is 23.3 Å². The maximum Gasteiger partial charge on any atom is 0.237 e. The number of aryl methyl sites for hydroxylation is 1. The van der Waals surface area contributed by atoms with Gasteiger partial charge in [0.25, 0.3) is 0 Å². The Balaban J connectivity index is 1.38. The standard InChI is InChI=1S/C19H21N3O2S2/c1-12-6-7-13-16(10-12)26-19(20-13)21-17(23)8-9-22-14-4-2-3-5-15(14)25-11-18(22)24/h2-5,12H,6-11H2,1H3,(H,20,21,23). The lowest BCUT2D eigenvalue weighted by molar-refractivity contribution is -0.117. The number of benzene rings is 1. The zero-order valence-corrected chi connectivity index (χ0v) is 16.3. The summed E-state index contributed by atoms with van der Waals surface area (Å²) in [5.74, 6) is 1.08. The van der Waals surface area contributed by atoms with Crippen LogP contribution < -0.4 is 10.2 Å². The highest BCUT2D eigenvalue weighted by atomic mass is 32.2. The first-order valence-corrected chi connectivity index (χ1v) is 10.7. The molecule has 1 aliphatic heterocycles. The SMILES string of the molecule is CC1CCc2nc(NC(=O)CCN3C(=O)CSc4ccccc43)sc2C1. The molecule has 1 unspecified atom stereocenters. The Morgan fingerprint density at radius 2 is 2.23 bits per heavy atom. The van der Waals surface area contributed by atoms with Gasteiger partial charge < -0.3 is 10.2 Å². The Hall–Kier alpha value is -1.86. The van der Waals surface area contributed by atoms with Gasteiger partial charge in [-0.05, 0) is 37.3 Å². The number of hydrogen-bond acceptors (Lipinski definition) is 5. The number of nitrogens with zero attached hydrogens (tertiary/aromatic N) is 2. The van der Waals surface area contributed by atoms with Gasteiger partial charge in [-0.25, -0.2) is 4.98 Å². The lowest BCUT2D eigenvalue weighted by atomic mass is 9.93. The first kappa shape index (κ1) is 17.5. The van der Waals surface area contributed by atoms with Gasteiger partial charge in [0, 0.05) is 22.7 Å². The number of para-hydroxylation sites is 1. The van der Waals surface area contributed by atoms with Gasteiger partial charge in [-0.2, -0.15) is 0 Å². The van der Waals surface area contributed by atoms with Crippen LogP contribution in [0.2, 0.25) is 0 Å². The lowest BCUT2D eigenvalue weighted by Gasteiger charge is -2.28. The Morgan fingerprint density at radius 3 is 3.12 bits per heavy atom. The number of fused-ring (bicyclic) bond motifs is 2. The average molecular weight is 388 g/mol. The van der Waals surface area contributed by atoms with Gasteiger partial charge in [-0.3, -0.25) is 9.59 Å². The number of carbonyl (C=O) groups excluding carboxylic acids is 2. The number of aromatic nitrogens is 1. The van der Waals surface area contributed by atoms with Crippen LogP contribution in [0.4, 0.5) is 10.8 Å². The van der Waals surface area contributed by atoms with Gasteiger partial charge in [-0.1, -0.05) is 19.1 Å². The van der Waals surface area contributed by atoms with E-state index in [9.17, 15) is 9.59 Å². The van der Waals surface area contributed by atoms with Crippen LogP contribution in [0.3, 0.4) is 0 Å². The second-order valence-electron chi connectivity index (χ2n) is 6.84. The quantitative estimate of drug-likeness (QED) is 0.868. The number of thiazole rings is 1. The lowest BCUT2D eigenvalue weighted by Crippen LogP contribution is -2.37. The fraction of sp³-hybridized carbons (Fsp3) is 0.421. The summed E-state index contributed by atoms with van der Waals surface area (Å²) in [6.07, 6.45) is 3.49. The smallest absolute Gasteiger partial charge is 0.237 e. The van der Waals surface area contributed by atoms with Gasteiger partial charge >= 0.3 is 0 Å². The van der Waals surface area contributed by atoms with Crippen LogP contribution in [0, 0.1) is 5.92 Å². The molecule has 2 heterocycles. The zero-order chi connectivity index (χ0) is 18.1. The van der Waals surface area contributed by atoms with Crippen molar-refractivity contribution in [1.29, 1.82) is 0 Å². The van der Waals surface area contributed by atoms with Crippen LogP contribution in [0.1, 0.15) is 30.3 Å². The Kier molecular flexibility index (Phi) is 5.00. The van der Waals surface area contributed by atoms with Crippen molar-refractivity contribution >= 4 is 45.7 Å².